The first kappa shape index (κ1) is 14.3. The molecular weight excluding hydrogens is 298 g/mol. The molecule has 0 spiro atoms. The van der Waals surface area contributed by atoms with E-state index in [2.05, 4.69) is 4.18 Å². The first-order valence-electron chi connectivity index (χ1n) is 3.96. The summed E-state index contributed by atoms with van der Waals surface area (Å²) >= 11 is 0. The van der Waals surface area contributed by atoms with Gasteiger partial charge in [-0.25, -0.2) is 4.79 Å². The molecule has 0 aliphatic rings. The minimum Gasteiger partial charge on any atom is -0.478 e. The Bertz CT molecular complexity index is 693. The standard InChI is InChI=1S/C7H4F2O7S2/c8-17(12,13)6-2-4(7(10)11)1-5(3-6)16-18(9,14)15/h1-3H,(H,10,11). The molecule has 0 aliphatic heterocycles. The molecule has 0 bridgehead atoms. The molecule has 100 valence electrons. The quantitative estimate of drug-likeness (QED) is 0.811. The van der Waals surface area contributed by atoms with E-state index in [9.17, 15) is 29.4 Å². The number of carboxylic acids is 1. The van der Waals surface area contributed by atoms with Gasteiger partial charge in [-0.15, -0.1) is 3.89 Å². The van der Waals surface area contributed by atoms with Gasteiger partial charge in [-0.05, 0) is 12.1 Å². The summed E-state index contributed by atoms with van der Waals surface area (Å²) in [5, 5.41) is 8.58. The van der Waals surface area contributed by atoms with Crippen LogP contribution in [0.2, 0.25) is 0 Å². The second kappa shape index (κ2) is 4.49. The number of aromatic carboxylic acids is 1. The van der Waals surface area contributed by atoms with Gasteiger partial charge < -0.3 is 9.29 Å². The maximum Gasteiger partial charge on any atom is 0.488 e. The van der Waals surface area contributed by atoms with Crippen molar-refractivity contribution in [1.82, 2.24) is 0 Å². The predicted molar refractivity (Wildman–Crippen MR) is 52.4 cm³/mol. The Morgan fingerprint density at radius 2 is 1.67 bits per heavy atom. The lowest BCUT2D eigenvalue weighted by Crippen LogP contribution is -2.05. The van der Waals surface area contributed by atoms with E-state index in [1.165, 1.54) is 0 Å². The molecule has 0 saturated heterocycles. The highest BCUT2D eigenvalue weighted by Crippen LogP contribution is 2.23. The minimum atomic E-state index is -5.49. The molecule has 11 heteroatoms. The summed E-state index contributed by atoms with van der Waals surface area (Å²) in [7, 11) is -10.8. The maximum absolute atomic E-state index is 12.7. The van der Waals surface area contributed by atoms with E-state index in [-0.39, 0.29) is 0 Å². The molecule has 0 atom stereocenters. The van der Waals surface area contributed by atoms with Crippen LogP contribution in [0.3, 0.4) is 0 Å². The van der Waals surface area contributed by atoms with Gasteiger partial charge in [-0.2, -0.15) is 16.8 Å². The van der Waals surface area contributed by atoms with Gasteiger partial charge >= 0.3 is 26.7 Å². The zero-order valence-corrected chi connectivity index (χ0v) is 9.83. The van der Waals surface area contributed by atoms with Gasteiger partial charge in [0.25, 0.3) is 0 Å². The Labute approximate surface area is 100 Å². The van der Waals surface area contributed by atoms with Crippen LogP contribution in [0.4, 0.5) is 7.77 Å². The molecule has 0 aromatic heterocycles. The molecule has 7 nitrogen and oxygen atoms in total. The molecule has 18 heavy (non-hydrogen) atoms. The summed E-state index contributed by atoms with van der Waals surface area (Å²) in [4.78, 5) is 9.42. The van der Waals surface area contributed by atoms with E-state index in [1.807, 2.05) is 0 Å². The summed E-state index contributed by atoms with van der Waals surface area (Å²) in [5.74, 6) is -2.66. The molecule has 1 N–H and O–H groups in total. The van der Waals surface area contributed by atoms with Crippen LogP contribution in [0.15, 0.2) is 23.1 Å². The fourth-order valence-corrected chi connectivity index (χ4v) is 1.85. The molecule has 1 rings (SSSR count). The third-order valence-corrected chi connectivity index (χ3v) is 2.79. The third kappa shape index (κ3) is 3.92. The molecular formula is C7H4F2O7S2. The lowest BCUT2D eigenvalue weighted by molar-refractivity contribution is 0.0696. The van der Waals surface area contributed by atoms with Crippen LogP contribution in [0.1, 0.15) is 10.4 Å². The molecule has 1 aromatic rings. The lowest BCUT2D eigenvalue weighted by Gasteiger charge is -2.03. The molecule has 0 unspecified atom stereocenters. The van der Waals surface area contributed by atoms with Crippen LogP contribution in [0, 0.1) is 0 Å². The van der Waals surface area contributed by atoms with E-state index in [4.69, 9.17) is 5.11 Å². The van der Waals surface area contributed by atoms with E-state index >= 15 is 0 Å². The second-order valence-electron chi connectivity index (χ2n) is 2.91. The van der Waals surface area contributed by atoms with E-state index in [0.29, 0.717) is 18.2 Å². The Balaban J connectivity index is 3.46. The molecule has 1 aromatic carbocycles. The van der Waals surface area contributed by atoms with Crippen LogP contribution in [0.5, 0.6) is 5.75 Å². The van der Waals surface area contributed by atoms with Crippen LogP contribution >= 0.6 is 0 Å². The average molecular weight is 302 g/mol. The highest BCUT2D eigenvalue weighted by Gasteiger charge is 2.20. The van der Waals surface area contributed by atoms with Crippen molar-refractivity contribution in [3.63, 3.8) is 0 Å². The lowest BCUT2D eigenvalue weighted by atomic mass is 10.2. The Morgan fingerprint density at radius 1 is 1.11 bits per heavy atom. The fraction of sp³-hybridized carbons (Fsp3) is 0. The number of benzene rings is 1. The van der Waals surface area contributed by atoms with Gasteiger partial charge in [0.2, 0.25) is 0 Å². The average Bonchev–Trinajstić information content (AvgIpc) is 2.12. The summed E-state index contributed by atoms with van der Waals surface area (Å²) < 4.78 is 70.0. The van der Waals surface area contributed by atoms with Crippen molar-refractivity contribution < 1.29 is 38.7 Å². The number of hydrogen-bond donors (Lipinski definition) is 1. The van der Waals surface area contributed by atoms with E-state index in [0.717, 1.165) is 0 Å². The first-order valence-corrected chi connectivity index (χ1v) is 6.65. The highest BCUT2D eigenvalue weighted by atomic mass is 32.3. The summed E-state index contributed by atoms with van der Waals surface area (Å²) in [6.07, 6.45) is 0. The maximum atomic E-state index is 12.7. The Hall–Kier alpha value is -1.75. The normalized spacial score (nSPS) is 12.1. The van der Waals surface area contributed by atoms with Gasteiger partial charge in [0.1, 0.15) is 10.6 Å². The molecule has 0 amide bonds. The largest absolute Gasteiger partial charge is 0.488 e. The molecule has 0 heterocycles. The third-order valence-electron chi connectivity index (χ3n) is 1.60. The number of carboxylic acid groups (broad SMARTS) is 1. The van der Waals surface area contributed by atoms with Crippen molar-refractivity contribution in [2.45, 2.75) is 4.90 Å². The van der Waals surface area contributed by atoms with Gasteiger partial charge in [-0.1, -0.05) is 3.89 Å². The number of rotatable bonds is 4. The van der Waals surface area contributed by atoms with Crippen molar-refractivity contribution in [3.05, 3.63) is 23.8 Å². The van der Waals surface area contributed by atoms with Crippen LogP contribution in [0.25, 0.3) is 0 Å². The van der Waals surface area contributed by atoms with Crippen molar-refractivity contribution in [3.8, 4) is 5.75 Å². The number of halogens is 2. The summed E-state index contributed by atoms with van der Waals surface area (Å²) in [5.41, 5.74) is -0.785. The summed E-state index contributed by atoms with van der Waals surface area (Å²) in [6, 6.07) is 1.28. The van der Waals surface area contributed by atoms with Crippen LogP contribution in [-0.2, 0) is 20.7 Å². The molecule has 0 fully saturated rings. The first-order chi connectivity index (χ1) is 7.99. The van der Waals surface area contributed by atoms with Crippen LogP contribution < -0.4 is 4.18 Å². The van der Waals surface area contributed by atoms with Gasteiger partial charge in [0, 0.05) is 6.07 Å². The van der Waals surface area contributed by atoms with Gasteiger partial charge in [-0.3, -0.25) is 0 Å². The summed E-state index contributed by atoms with van der Waals surface area (Å²) in [6.45, 7) is 0. The zero-order chi connectivity index (χ0) is 14.1. The number of carbonyl (C=O) groups is 1. The van der Waals surface area contributed by atoms with Crippen molar-refractivity contribution in [2.24, 2.45) is 0 Å². The Kier molecular flexibility index (Phi) is 3.57. The van der Waals surface area contributed by atoms with Crippen molar-refractivity contribution in [2.75, 3.05) is 0 Å². The fourth-order valence-electron chi connectivity index (χ4n) is 0.999. The zero-order valence-electron chi connectivity index (χ0n) is 8.20. The second-order valence-corrected chi connectivity index (χ2v) is 5.21. The monoisotopic (exact) mass is 302 g/mol. The minimum absolute atomic E-state index is 0.332. The topological polar surface area (TPSA) is 115 Å². The van der Waals surface area contributed by atoms with Crippen molar-refractivity contribution in [1.29, 1.82) is 0 Å². The molecule has 0 aliphatic carbocycles. The van der Waals surface area contributed by atoms with Gasteiger partial charge in [0.15, 0.2) is 0 Å². The van der Waals surface area contributed by atoms with E-state index < -0.39 is 42.9 Å². The number of hydrogen-bond acceptors (Lipinski definition) is 6. The Morgan fingerprint density at radius 3 is 2.06 bits per heavy atom. The van der Waals surface area contributed by atoms with Crippen molar-refractivity contribution >= 4 is 26.7 Å². The van der Waals surface area contributed by atoms with Gasteiger partial charge in [0.05, 0.1) is 5.56 Å². The predicted octanol–water partition coefficient (Wildman–Crippen LogP) is 0.636. The SMILES string of the molecule is O=C(O)c1cc(OS(=O)(=O)F)cc(S(=O)(=O)F)c1. The van der Waals surface area contributed by atoms with Crippen LogP contribution in [-0.4, -0.2) is 27.9 Å². The highest BCUT2D eigenvalue weighted by molar-refractivity contribution is 7.86. The smallest absolute Gasteiger partial charge is 0.478 e. The molecule has 0 radical (unpaired) electrons. The van der Waals surface area contributed by atoms with E-state index in [1.54, 1.807) is 0 Å². The molecule has 0 saturated carbocycles.